The Bertz CT molecular complexity index is 734. The lowest BCUT2D eigenvalue weighted by Crippen LogP contribution is -1.98. The molecule has 0 aliphatic carbocycles. The lowest BCUT2D eigenvalue weighted by atomic mass is 10.1. The van der Waals surface area contributed by atoms with Crippen molar-refractivity contribution in [1.82, 2.24) is 9.78 Å². The third-order valence-corrected chi connectivity index (χ3v) is 3.51. The van der Waals surface area contributed by atoms with Crippen LogP contribution in [0.2, 0.25) is 0 Å². The first-order valence-corrected chi connectivity index (χ1v) is 7.11. The maximum absolute atomic E-state index is 5.94. The van der Waals surface area contributed by atoms with Gasteiger partial charge in [0, 0.05) is 12.6 Å². The summed E-state index contributed by atoms with van der Waals surface area (Å²) in [4.78, 5) is 0. The Morgan fingerprint density at radius 3 is 2.41 bits per heavy atom. The largest absolute Gasteiger partial charge is 0.497 e. The first kappa shape index (κ1) is 14.2. The van der Waals surface area contributed by atoms with Gasteiger partial charge in [0.2, 0.25) is 0 Å². The van der Waals surface area contributed by atoms with Gasteiger partial charge >= 0.3 is 0 Å². The average molecular weight is 294 g/mol. The van der Waals surface area contributed by atoms with Gasteiger partial charge in [0.1, 0.15) is 18.1 Å². The highest BCUT2D eigenvalue weighted by molar-refractivity contribution is 5.67. The second-order valence-corrected chi connectivity index (χ2v) is 4.98. The van der Waals surface area contributed by atoms with Crippen LogP contribution in [0.4, 0.5) is 0 Å². The molecule has 0 bridgehead atoms. The number of hydrogen-bond acceptors (Lipinski definition) is 3. The van der Waals surface area contributed by atoms with E-state index in [-0.39, 0.29) is 0 Å². The third kappa shape index (κ3) is 2.96. The van der Waals surface area contributed by atoms with Crippen molar-refractivity contribution in [1.29, 1.82) is 0 Å². The molecule has 112 valence electrons. The van der Waals surface area contributed by atoms with E-state index in [4.69, 9.17) is 9.47 Å². The number of methoxy groups -OCH3 is 1. The van der Waals surface area contributed by atoms with Crippen LogP contribution in [-0.2, 0) is 13.7 Å². The fourth-order valence-corrected chi connectivity index (χ4v) is 2.34. The van der Waals surface area contributed by atoms with Gasteiger partial charge in [0.05, 0.1) is 13.3 Å². The second-order valence-electron chi connectivity index (χ2n) is 4.98. The molecule has 0 saturated heterocycles. The SMILES string of the molecule is COc1ccc(-c2c(OCc3ccccc3)cnn2C)cc1. The molecule has 1 heterocycles. The molecule has 0 aliphatic heterocycles. The van der Waals surface area contributed by atoms with Crippen LogP contribution >= 0.6 is 0 Å². The van der Waals surface area contributed by atoms with E-state index in [0.29, 0.717) is 6.61 Å². The van der Waals surface area contributed by atoms with Crippen molar-refractivity contribution in [3.8, 4) is 22.8 Å². The normalized spacial score (nSPS) is 10.5. The zero-order valence-electron chi connectivity index (χ0n) is 12.7. The van der Waals surface area contributed by atoms with Gasteiger partial charge in [-0.1, -0.05) is 30.3 Å². The predicted octanol–water partition coefficient (Wildman–Crippen LogP) is 3.67. The van der Waals surface area contributed by atoms with E-state index in [0.717, 1.165) is 28.3 Å². The highest BCUT2D eigenvalue weighted by atomic mass is 16.5. The number of nitrogens with zero attached hydrogens (tertiary/aromatic N) is 2. The number of ether oxygens (including phenoxy) is 2. The molecule has 0 aliphatic rings. The monoisotopic (exact) mass is 294 g/mol. The van der Waals surface area contributed by atoms with Crippen molar-refractivity contribution in [2.45, 2.75) is 6.61 Å². The molecule has 2 aromatic carbocycles. The van der Waals surface area contributed by atoms with E-state index >= 15 is 0 Å². The van der Waals surface area contributed by atoms with Gasteiger partial charge in [-0.15, -0.1) is 0 Å². The number of aromatic nitrogens is 2. The minimum Gasteiger partial charge on any atom is -0.497 e. The fourth-order valence-electron chi connectivity index (χ4n) is 2.34. The zero-order valence-corrected chi connectivity index (χ0v) is 12.7. The highest BCUT2D eigenvalue weighted by Crippen LogP contribution is 2.31. The summed E-state index contributed by atoms with van der Waals surface area (Å²) in [5.41, 5.74) is 3.13. The van der Waals surface area contributed by atoms with E-state index < -0.39 is 0 Å². The molecule has 0 radical (unpaired) electrons. The quantitative estimate of drug-likeness (QED) is 0.720. The Morgan fingerprint density at radius 1 is 1.00 bits per heavy atom. The van der Waals surface area contributed by atoms with Crippen LogP contribution in [0.1, 0.15) is 5.56 Å². The maximum atomic E-state index is 5.94. The molecule has 1 aromatic heterocycles. The number of aryl methyl sites for hydroxylation is 1. The standard InChI is InChI=1S/C18H18N2O2/c1-20-18(15-8-10-16(21-2)11-9-15)17(12-19-20)22-13-14-6-4-3-5-7-14/h3-12H,13H2,1-2H3. The van der Waals surface area contributed by atoms with E-state index in [2.05, 4.69) is 5.10 Å². The van der Waals surface area contributed by atoms with Crippen molar-refractivity contribution in [3.63, 3.8) is 0 Å². The Hall–Kier alpha value is -2.75. The third-order valence-electron chi connectivity index (χ3n) is 3.51. The van der Waals surface area contributed by atoms with E-state index in [1.807, 2.05) is 66.3 Å². The molecule has 22 heavy (non-hydrogen) atoms. The topological polar surface area (TPSA) is 36.3 Å². The van der Waals surface area contributed by atoms with Crippen molar-refractivity contribution in [3.05, 3.63) is 66.4 Å². The van der Waals surface area contributed by atoms with E-state index in [1.54, 1.807) is 13.3 Å². The van der Waals surface area contributed by atoms with E-state index in [1.165, 1.54) is 0 Å². The molecule has 3 aromatic rings. The molecule has 0 fully saturated rings. The summed E-state index contributed by atoms with van der Waals surface area (Å²) in [6.45, 7) is 0.524. The van der Waals surface area contributed by atoms with Gasteiger partial charge in [0.15, 0.2) is 5.75 Å². The van der Waals surface area contributed by atoms with Crippen LogP contribution in [0.5, 0.6) is 11.5 Å². The van der Waals surface area contributed by atoms with Crippen molar-refractivity contribution in [2.24, 2.45) is 7.05 Å². The summed E-state index contributed by atoms with van der Waals surface area (Å²) in [5.74, 6) is 1.61. The average Bonchev–Trinajstić information content (AvgIpc) is 2.95. The van der Waals surface area contributed by atoms with Crippen molar-refractivity contribution < 1.29 is 9.47 Å². The van der Waals surface area contributed by atoms with Crippen molar-refractivity contribution in [2.75, 3.05) is 7.11 Å². The Labute approximate surface area is 129 Å². The molecular formula is C18H18N2O2. The zero-order chi connectivity index (χ0) is 15.4. The smallest absolute Gasteiger partial charge is 0.165 e. The van der Waals surface area contributed by atoms with Crippen LogP contribution in [0.25, 0.3) is 11.3 Å². The number of rotatable bonds is 5. The lowest BCUT2D eigenvalue weighted by molar-refractivity contribution is 0.307. The van der Waals surface area contributed by atoms with Crippen LogP contribution in [-0.4, -0.2) is 16.9 Å². The highest BCUT2D eigenvalue weighted by Gasteiger charge is 2.12. The summed E-state index contributed by atoms with van der Waals surface area (Å²) in [7, 11) is 3.57. The molecule has 4 heteroatoms. The molecule has 0 N–H and O–H groups in total. The first-order valence-electron chi connectivity index (χ1n) is 7.11. The van der Waals surface area contributed by atoms with Gasteiger partial charge in [-0.05, 0) is 29.8 Å². The Kier molecular flexibility index (Phi) is 4.10. The van der Waals surface area contributed by atoms with Gasteiger partial charge in [0.25, 0.3) is 0 Å². The molecule has 4 nitrogen and oxygen atoms in total. The Balaban J connectivity index is 1.83. The molecule has 0 unspecified atom stereocenters. The minimum atomic E-state index is 0.524. The fraction of sp³-hybridized carbons (Fsp3) is 0.167. The molecular weight excluding hydrogens is 276 g/mol. The van der Waals surface area contributed by atoms with Gasteiger partial charge in [-0.25, -0.2) is 0 Å². The summed E-state index contributed by atoms with van der Waals surface area (Å²) in [6.07, 6.45) is 1.75. The lowest BCUT2D eigenvalue weighted by Gasteiger charge is -2.09. The van der Waals surface area contributed by atoms with Crippen molar-refractivity contribution >= 4 is 0 Å². The van der Waals surface area contributed by atoms with Crippen LogP contribution in [0.3, 0.4) is 0 Å². The number of benzene rings is 2. The van der Waals surface area contributed by atoms with Gasteiger partial charge in [-0.2, -0.15) is 5.10 Å². The minimum absolute atomic E-state index is 0.524. The summed E-state index contributed by atoms with van der Waals surface area (Å²) >= 11 is 0. The molecule has 0 atom stereocenters. The first-order chi connectivity index (χ1) is 10.8. The number of hydrogen-bond donors (Lipinski definition) is 0. The van der Waals surface area contributed by atoms with Crippen LogP contribution < -0.4 is 9.47 Å². The maximum Gasteiger partial charge on any atom is 0.165 e. The van der Waals surface area contributed by atoms with Gasteiger partial charge < -0.3 is 9.47 Å². The second kappa shape index (κ2) is 6.35. The molecule has 0 amide bonds. The summed E-state index contributed by atoms with van der Waals surface area (Å²) < 4.78 is 13.0. The van der Waals surface area contributed by atoms with E-state index in [9.17, 15) is 0 Å². The van der Waals surface area contributed by atoms with Gasteiger partial charge in [-0.3, -0.25) is 4.68 Å². The van der Waals surface area contributed by atoms with Crippen LogP contribution in [0.15, 0.2) is 60.8 Å². The molecule has 0 spiro atoms. The molecule has 3 rings (SSSR count). The van der Waals surface area contributed by atoms with Crippen LogP contribution in [0, 0.1) is 0 Å². The molecule has 0 saturated carbocycles. The summed E-state index contributed by atoms with van der Waals surface area (Å²) in [6, 6.07) is 18.0. The predicted molar refractivity (Wildman–Crippen MR) is 86.0 cm³/mol. The Morgan fingerprint density at radius 2 is 1.73 bits per heavy atom. The summed E-state index contributed by atoms with van der Waals surface area (Å²) in [5, 5.41) is 4.31.